The molecule has 34 heavy (non-hydrogen) atoms. The lowest BCUT2D eigenvalue weighted by molar-refractivity contribution is 0.541. The van der Waals surface area contributed by atoms with E-state index in [1.165, 1.54) is 4.57 Å². The summed E-state index contributed by atoms with van der Waals surface area (Å²) < 4.78 is 9.16. The highest BCUT2D eigenvalue weighted by atomic mass is 35.5. The molecule has 2 aromatic heterocycles. The van der Waals surface area contributed by atoms with Crippen LogP contribution >= 0.6 is 35.4 Å². The molecule has 5 rings (SSSR count). The minimum Gasteiger partial charge on any atom is -0.443 e. The number of rotatable bonds is 3. The molecule has 0 unspecified atom stereocenters. The molecular formula is C26H16Cl2N2O3S. The zero-order chi connectivity index (χ0) is 24.0. The fraction of sp³-hybridized carbons (Fsp3) is 0.0385. The second-order valence-electron chi connectivity index (χ2n) is 7.62. The van der Waals surface area contributed by atoms with Gasteiger partial charge >= 0.3 is 0 Å². The van der Waals surface area contributed by atoms with Crippen molar-refractivity contribution < 1.29 is 4.42 Å². The maximum Gasteiger partial charge on any atom is 0.274 e. The van der Waals surface area contributed by atoms with Gasteiger partial charge in [0.15, 0.2) is 4.77 Å². The smallest absolute Gasteiger partial charge is 0.274 e. The number of aromatic nitrogens is 2. The lowest BCUT2D eigenvalue weighted by Gasteiger charge is -2.16. The molecule has 5 aromatic rings. The number of nitrogens with zero attached hydrogens (tertiary/aromatic N) is 2. The Hall–Kier alpha value is -3.45. The van der Waals surface area contributed by atoms with Crippen LogP contribution in [0.5, 0.6) is 0 Å². The number of fused-ring (bicyclic) bond motifs is 1. The van der Waals surface area contributed by atoms with Gasteiger partial charge in [0.25, 0.3) is 5.56 Å². The number of hydrogen-bond acceptors (Lipinski definition) is 4. The van der Waals surface area contributed by atoms with Crippen molar-refractivity contribution in [3.63, 3.8) is 0 Å². The van der Waals surface area contributed by atoms with Crippen molar-refractivity contribution in [3.05, 3.63) is 120 Å². The second-order valence-corrected chi connectivity index (χ2v) is 8.86. The van der Waals surface area contributed by atoms with Crippen LogP contribution in [0.1, 0.15) is 5.76 Å². The standard InChI is InChI=1S/C26H16Cl2N2O3S/c1-15-21(16-5-3-2-4-6-16)23(31)22-24(32)29(19-11-7-17(27)8-12-19)26(34)30(25(22)33-15)20-13-9-18(28)10-14-20/h2-14H,1H3. The number of benzene rings is 3. The summed E-state index contributed by atoms with van der Waals surface area (Å²) in [4.78, 5) is 27.6. The van der Waals surface area contributed by atoms with Crippen LogP contribution in [0.2, 0.25) is 10.0 Å². The highest BCUT2D eigenvalue weighted by molar-refractivity contribution is 7.71. The lowest BCUT2D eigenvalue weighted by Crippen LogP contribution is -2.29. The van der Waals surface area contributed by atoms with Gasteiger partial charge in [0.1, 0.15) is 11.1 Å². The molecule has 8 heteroatoms. The predicted molar refractivity (Wildman–Crippen MR) is 138 cm³/mol. The summed E-state index contributed by atoms with van der Waals surface area (Å²) in [5.74, 6) is 0.379. The number of halogens is 2. The zero-order valence-electron chi connectivity index (χ0n) is 17.8. The van der Waals surface area contributed by atoms with Gasteiger partial charge in [0.05, 0.1) is 16.9 Å². The van der Waals surface area contributed by atoms with Crippen LogP contribution in [-0.2, 0) is 0 Å². The largest absolute Gasteiger partial charge is 0.443 e. The van der Waals surface area contributed by atoms with Gasteiger partial charge in [0.2, 0.25) is 11.1 Å². The molecule has 0 spiro atoms. The number of hydrogen-bond donors (Lipinski definition) is 0. The maximum absolute atomic E-state index is 13.8. The summed E-state index contributed by atoms with van der Waals surface area (Å²) in [7, 11) is 0. The van der Waals surface area contributed by atoms with Crippen molar-refractivity contribution in [1.82, 2.24) is 9.13 Å². The van der Waals surface area contributed by atoms with E-state index in [1.54, 1.807) is 72.2 Å². The van der Waals surface area contributed by atoms with Crippen LogP contribution in [0.4, 0.5) is 0 Å². The molecule has 0 saturated carbocycles. The van der Waals surface area contributed by atoms with Gasteiger partial charge in [0, 0.05) is 10.0 Å². The Kier molecular flexibility index (Phi) is 5.73. The van der Waals surface area contributed by atoms with Gasteiger partial charge < -0.3 is 4.42 Å². The molecule has 2 heterocycles. The molecular weight excluding hydrogens is 491 g/mol. The first-order valence-corrected chi connectivity index (χ1v) is 11.5. The van der Waals surface area contributed by atoms with Crippen molar-refractivity contribution >= 4 is 46.5 Å². The van der Waals surface area contributed by atoms with E-state index < -0.39 is 11.0 Å². The third kappa shape index (κ3) is 3.70. The van der Waals surface area contributed by atoms with E-state index in [4.69, 9.17) is 39.8 Å². The maximum atomic E-state index is 13.8. The lowest BCUT2D eigenvalue weighted by atomic mass is 10.0. The third-order valence-electron chi connectivity index (χ3n) is 5.50. The Morgan fingerprint density at radius 2 is 1.29 bits per heavy atom. The first kappa shape index (κ1) is 22.3. The van der Waals surface area contributed by atoms with Crippen molar-refractivity contribution in [2.75, 3.05) is 0 Å². The fourth-order valence-corrected chi connectivity index (χ4v) is 4.56. The quantitative estimate of drug-likeness (QED) is 0.254. The van der Waals surface area contributed by atoms with Crippen LogP contribution in [-0.4, -0.2) is 9.13 Å². The normalized spacial score (nSPS) is 11.1. The van der Waals surface area contributed by atoms with E-state index in [2.05, 4.69) is 0 Å². The molecule has 0 bridgehead atoms. The van der Waals surface area contributed by atoms with Gasteiger partial charge in [-0.25, -0.2) is 0 Å². The average molecular weight is 507 g/mol. The van der Waals surface area contributed by atoms with Crippen LogP contribution in [0, 0.1) is 11.7 Å². The first-order valence-electron chi connectivity index (χ1n) is 10.3. The summed E-state index contributed by atoms with van der Waals surface area (Å²) in [5.41, 5.74) is 1.13. The van der Waals surface area contributed by atoms with E-state index in [1.807, 2.05) is 18.2 Å². The molecule has 168 valence electrons. The number of aryl methyl sites for hydroxylation is 1. The van der Waals surface area contributed by atoms with E-state index in [9.17, 15) is 9.59 Å². The average Bonchev–Trinajstić information content (AvgIpc) is 2.82. The second kappa shape index (κ2) is 8.72. The van der Waals surface area contributed by atoms with E-state index >= 15 is 0 Å². The molecule has 0 aliphatic rings. The molecule has 0 fully saturated rings. The van der Waals surface area contributed by atoms with Gasteiger partial charge in [-0.2, -0.15) is 0 Å². The monoisotopic (exact) mass is 506 g/mol. The Bertz CT molecular complexity index is 1720. The zero-order valence-corrected chi connectivity index (χ0v) is 20.1. The van der Waals surface area contributed by atoms with E-state index in [-0.39, 0.29) is 15.9 Å². The third-order valence-corrected chi connectivity index (χ3v) is 6.37. The van der Waals surface area contributed by atoms with Crippen molar-refractivity contribution in [3.8, 4) is 22.5 Å². The van der Waals surface area contributed by atoms with Crippen molar-refractivity contribution in [2.24, 2.45) is 0 Å². The minimum absolute atomic E-state index is 0.0738. The van der Waals surface area contributed by atoms with Crippen LogP contribution < -0.4 is 11.0 Å². The molecule has 0 aliphatic carbocycles. The molecule has 0 aliphatic heterocycles. The molecule has 0 N–H and O–H groups in total. The van der Waals surface area contributed by atoms with Crippen molar-refractivity contribution in [2.45, 2.75) is 6.92 Å². The summed E-state index contributed by atoms with van der Waals surface area (Å²) in [6, 6.07) is 22.7. The van der Waals surface area contributed by atoms with Crippen molar-refractivity contribution in [1.29, 1.82) is 0 Å². The molecule has 0 saturated heterocycles. The summed E-state index contributed by atoms with van der Waals surface area (Å²) in [6.07, 6.45) is 0. The Labute approximate surface area is 209 Å². The van der Waals surface area contributed by atoms with Gasteiger partial charge in [-0.15, -0.1) is 0 Å². The molecule has 3 aromatic carbocycles. The molecule has 0 amide bonds. The molecule has 5 nitrogen and oxygen atoms in total. The summed E-state index contributed by atoms with van der Waals surface area (Å²) >= 11 is 17.9. The highest BCUT2D eigenvalue weighted by Crippen LogP contribution is 2.26. The minimum atomic E-state index is -0.571. The van der Waals surface area contributed by atoms with Gasteiger partial charge in [-0.05, 0) is 73.2 Å². The fourth-order valence-electron chi connectivity index (χ4n) is 3.94. The van der Waals surface area contributed by atoms with Gasteiger partial charge in [-0.3, -0.25) is 18.7 Å². The summed E-state index contributed by atoms with van der Waals surface area (Å²) in [5, 5.41) is 0.938. The van der Waals surface area contributed by atoms with E-state index in [0.717, 1.165) is 0 Å². The first-order chi connectivity index (χ1) is 16.4. The molecule has 0 radical (unpaired) electrons. The van der Waals surface area contributed by atoms with E-state index in [0.29, 0.717) is 38.3 Å². The molecule has 0 atom stereocenters. The Morgan fingerprint density at radius 3 is 1.85 bits per heavy atom. The van der Waals surface area contributed by atoms with Crippen LogP contribution in [0.15, 0.2) is 92.9 Å². The SMILES string of the molecule is Cc1oc2c(c(=O)c1-c1ccccc1)c(=O)n(-c1ccc(Cl)cc1)c(=S)n2-c1ccc(Cl)cc1. The highest BCUT2D eigenvalue weighted by Gasteiger charge is 2.22. The topological polar surface area (TPSA) is 57.1 Å². The van der Waals surface area contributed by atoms with Crippen LogP contribution in [0.25, 0.3) is 33.6 Å². The Morgan fingerprint density at radius 1 is 0.765 bits per heavy atom. The predicted octanol–water partition coefficient (Wildman–Crippen LogP) is 6.75. The van der Waals surface area contributed by atoms with Gasteiger partial charge in [-0.1, -0.05) is 53.5 Å². The summed E-state index contributed by atoms with van der Waals surface area (Å²) in [6.45, 7) is 1.70. The van der Waals surface area contributed by atoms with Crippen LogP contribution in [0.3, 0.4) is 0 Å². The Balaban J connectivity index is 1.98.